The van der Waals surface area contributed by atoms with Gasteiger partial charge >= 0.3 is 0 Å². The first-order valence-electron chi connectivity index (χ1n) is 5.53. The number of hydrogen-bond acceptors (Lipinski definition) is 2. The maximum atomic E-state index is 8.35. The van der Waals surface area contributed by atoms with E-state index in [-0.39, 0.29) is 0 Å². The van der Waals surface area contributed by atoms with Gasteiger partial charge in [-0.25, -0.2) is 0 Å². The molecule has 2 nitrogen and oxygen atoms in total. The molecule has 1 aliphatic rings. The van der Waals surface area contributed by atoms with Crippen molar-refractivity contribution in [2.75, 3.05) is 0 Å². The van der Waals surface area contributed by atoms with E-state index < -0.39 is 0 Å². The summed E-state index contributed by atoms with van der Waals surface area (Å²) in [6.07, 6.45) is 8.37. The second-order valence-electron chi connectivity index (χ2n) is 4.19. The molecule has 0 unspecified atom stereocenters. The zero-order valence-electron chi connectivity index (χ0n) is 8.78. The molecular weight excluding hydrogens is 186 g/mol. The molecule has 0 heterocycles. The molecule has 0 N–H and O–H groups in total. The van der Waals surface area contributed by atoms with Crippen molar-refractivity contribution in [1.82, 2.24) is 0 Å². The molecule has 1 aromatic carbocycles. The molecule has 0 atom stereocenters. The van der Waals surface area contributed by atoms with Gasteiger partial charge in [0.15, 0.2) is 0 Å². The number of ether oxygens (including phenoxy) is 1. The molecule has 0 aliphatic heterocycles. The summed E-state index contributed by atoms with van der Waals surface area (Å²) in [5.41, 5.74) is 1.35. The average Bonchev–Trinajstić information content (AvgIpc) is 2.74. The molecule has 78 valence electrons. The van der Waals surface area contributed by atoms with Crippen molar-refractivity contribution in [2.45, 2.75) is 32.1 Å². The van der Waals surface area contributed by atoms with Crippen molar-refractivity contribution in [3.05, 3.63) is 29.8 Å². The minimum absolute atomic E-state index is 0.632. The Morgan fingerprint density at radius 2 is 1.87 bits per heavy atom. The third-order valence-corrected chi connectivity index (χ3v) is 3.09. The molecule has 0 aromatic heterocycles. The van der Waals surface area contributed by atoms with Crippen LogP contribution >= 0.6 is 0 Å². The van der Waals surface area contributed by atoms with E-state index in [0.29, 0.717) is 5.75 Å². The normalized spacial score (nSPS) is 16.2. The Kier molecular flexibility index (Phi) is 3.24. The fourth-order valence-electron chi connectivity index (χ4n) is 2.29. The molecule has 0 radical (unpaired) electrons. The third kappa shape index (κ3) is 2.73. The van der Waals surface area contributed by atoms with Crippen molar-refractivity contribution in [3.8, 4) is 12.0 Å². The van der Waals surface area contributed by atoms with E-state index in [9.17, 15) is 0 Å². The summed E-state index contributed by atoms with van der Waals surface area (Å²) in [4.78, 5) is 0. The van der Waals surface area contributed by atoms with Gasteiger partial charge in [-0.05, 0) is 30.0 Å². The molecule has 1 saturated carbocycles. The maximum Gasteiger partial charge on any atom is 0.292 e. The second kappa shape index (κ2) is 4.84. The molecule has 15 heavy (non-hydrogen) atoms. The molecule has 0 bridgehead atoms. The minimum atomic E-state index is 0.632. The Labute approximate surface area is 90.5 Å². The second-order valence-corrected chi connectivity index (χ2v) is 4.19. The smallest absolute Gasteiger partial charge is 0.292 e. The van der Waals surface area contributed by atoms with E-state index in [2.05, 4.69) is 12.1 Å². The first kappa shape index (κ1) is 10.0. The van der Waals surface area contributed by atoms with Gasteiger partial charge in [0.1, 0.15) is 5.75 Å². The lowest BCUT2D eigenvalue weighted by Gasteiger charge is -2.08. The van der Waals surface area contributed by atoms with Crippen LogP contribution in [0, 0.1) is 17.4 Å². The lowest BCUT2D eigenvalue weighted by molar-refractivity contribution is 0.505. The zero-order chi connectivity index (χ0) is 10.5. The monoisotopic (exact) mass is 201 g/mol. The first-order valence-corrected chi connectivity index (χ1v) is 5.53. The lowest BCUT2D eigenvalue weighted by atomic mass is 9.98. The Morgan fingerprint density at radius 1 is 1.20 bits per heavy atom. The van der Waals surface area contributed by atoms with Crippen LogP contribution in [-0.4, -0.2) is 0 Å². The highest BCUT2D eigenvalue weighted by Crippen LogP contribution is 2.28. The van der Waals surface area contributed by atoms with Crippen LogP contribution in [-0.2, 0) is 6.42 Å². The summed E-state index contributed by atoms with van der Waals surface area (Å²) in [5, 5.41) is 8.35. The van der Waals surface area contributed by atoms with Crippen LogP contribution in [0.5, 0.6) is 5.75 Å². The van der Waals surface area contributed by atoms with Crippen molar-refractivity contribution >= 4 is 0 Å². The largest absolute Gasteiger partial charge is 0.388 e. The Balaban J connectivity index is 1.94. The number of hydrogen-bond donors (Lipinski definition) is 0. The van der Waals surface area contributed by atoms with E-state index in [1.165, 1.54) is 37.7 Å². The van der Waals surface area contributed by atoms with E-state index in [1.807, 2.05) is 12.1 Å². The zero-order valence-corrected chi connectivity index (χ0v) is 8.78. The van der Waals surface area contributed by atoms with E-state index in [0.717, 1.165) is 5.92 Å². The summed E-state index contributed by atoms with van der Waals surface area (Å²) in [6.45, 7) is 0. The van der Waals surface area contributed by atoms with Crippen molar-refractivity contribution in [3.63, 3.8) is 0 Å². The minimum Gasteiger partial charge on any atom is -0.388 e. The van der Waals surface area contributed by atoms with Crippen LogP contribution in [0.15, 0.2) is 24.3 Å². The summed E-state index contributed by atoms with van der Waals surface area (Å²) >= 11 is 0. The van der Waals surface area contributed by atoms with Crippen molar-refractivity contribution in [1.29, 1.82) is 5.26 Å². The van der Waals surface area contributed by atoms with Crippen LogP contribution < -0.4 is 4.74 Å². The third-order valence-electron chi connectivity index (χ3n) is 3.09. The Morgan fingerprint density at radius 3 is 2.47 bits per heavy atom. The van der Waals surface area contributed by atoms with Crippen LogP contribution in [0.4, 0.5) is 0 Å². The predicted molar refractivity (Wildman–Crippen MR) is 58.3 cm³/mol. The maximum absolute atomic E-state index is 8.35. The number of benzene rings is 1. The summed E-state index contributed by atoms with van der Waals surface area (Å²) in [5.74, 6) is 1.50. The number of rotatable bonds is 3. The fourth-order valence-corrected chi connectivity index (χ4v) is 2.29. The summed E-state index contributed by atoms with van der Waals surface area (Å²) in [6, 6.07) is 7.86. The highest BCUT2D eigenvalue weighted by Gasteiger charge is 2.15. The van der Waals surface area contributed by atoms with E-state index >= 15 is 0 Å². The Bertz CT molecular complexity index is 344. The molecule has 2 heteroatoms. The van der Waals surface area contributed by atoms with Crippen LogP contribution in [0.25, 0.3) is 0 Å². The van der Waals surface area contributed by atoms with Gasteiger partial charge in [-0.15, -0.1) is 5.26 Å². The standard InChI is InChI=1S/C13H15NO/c14-10-15-13-7-5-12(6-8-13)9-11-3-1-2-4-11/h5-8,11H,1-4,9H2. The first-order chi connectivity index (χ1) is 7.38. The molecule has 0 spiro atoms. The lowest BCUT2D eigenvalue weighted by Crippen LogP contribution is -1.98. The number of nitrogens with zero attached hydrogens (tertiary/aromatic N) is 1. The van der Waals surface area contributed by atoms with Gasteiger partial charge in [-0.2, -0.15) is 0 Å². The molecule has 0 saturated heterocycles. The SMILES string of the molecule is N#COc1ccc(CC2CCCC2)cc1. The molecular formula is C13H15NO. The van der Waals surface area contributed by atoms with Crippen LogP contribution in [0.3, 0.4) is 0 Å². The van der Waals surface area contributed by atoms with E-state index in [4.69, 9.17) is 10.00 Å². The van der Waals surface area contributed by atoms with E-state index in [1.54, 1.807) is 6.26 Å². The molecule has 2 rings (SSSR count). The highest BCUT2D eigenvalue weighted by molar-refractivity contribution is 5.28. The molecule has 0 amide bonds. The van der Waals surface area contributed by atoms with Gasteiger partial charge in [0.05, 0.1) is 0 Å². The van der Waals surface area contributed by atoms with Gasteiger partial charge in [0.25, 0.3) is 6.26 Å². The fraction of sp³-hybridized carbons (Fsp3) is 0.462. The number of nitriles is 1. The van der Waals surface area contributed by atoms with Gasteiger partial charge < -0.3 is 4.74 Å². The van der Waals surface area contributed by atoms with Crippen LogP contribution in [0.2, 0.25) is 0 Å². The van der Waals surface area contributed by atoms with Gasteiger partial charge in [0, 0.05) is 0 Å². The highest BCUT2D eigenvalue weighted by atomic mass is 16.5. The Hall–Kier alpha value is -1.49. The van der Waals surface area contributed by atoms with Crippen molar-refractivity contribution in [2.24, 2.45) is 5.92 Å². The summed E-state index contributed by atoms with van der Waals surface area (Å²) in [7, 11) is 0. The quantitative estimate of drug-likeness (QED) is 0.703. The molecule has 1 aromatic rings. The predicted octanol–water partition coefficient (Wildman–Crippen LogP) is 3.28. The molecule has 1 fully saturated rings. The van der Waals surface area contributed by atoms with Crippen molar-refractivity contribution < 1.29 is 4.74 Å². The topological polar surface area (TPSA) is 33.0 Å². The van der Waals surface area contributed by atoms with Gasteiger partial charge in [-0.1, -0.05) is 37.8 Å². The van der Waals surface area contributed by atoms with Gasteiger partial charge in [0.2, 0.25) is 0 Å². The molecule has 1 aliphatic carbocycles. The van der Waals surface area contributed by atoms with Gasteiger partial charge in [-0.3, -0.25) is 0 Å². The van der Waals surface area contributed by atoms with Crippen LogP contribution in [0.1, 0.15) is 31.2 Å². The summed E-state index contributed by atoms with van der Waals surface area (Å²) < 4.78 is 4.74. The average molecular weight is 201 g/mol.